The average molecular weight is 375 g/mol. The first kappa shape index (κ1) is 24.1. The lowest BCUT2D eigenvalue weighted by Gasteiger charge is -2.11. The predicted molar refractivity (Wildman–Crippen MR) is 121 cm³/mol. The molecule has 0 saturated carbocycles. The highest BCUT2D eigenvalue weighted by atomic mass is 16.5. The standard InChI is InChI=1S/C26H46O/c1-3-5-7-9-11-12-13-14-16-20-24-27-26-23-19-18-22-25(26)21-17-15-10-8-6-4-2/h18-19,22-23H,3-17,20-21,24H2,1-2H3. The van der Waals surface area contributed by atoms with Crippen LogP contribution in [0, 0.1) is 0 Å². The topological polar surface area (TPSA) is 9.23 Å². The highest BCUT2D eigenvalue weighted by Gasteiger charge is 2.03. The van der Waals surface area contributed by atoms with E-state index in [1.165, 1.54) is 115 Å². The maximum Gasteiger partial charge on any atom is 0.122 e. The molecule has 1 nitrogen and oxygen atoms in total. The Labute approximate surface area is 170 Å². The van der Waals surface area contributed by atoms with Gasteiger partial charge in [-0.3, -0.25) is 0 Å². The van der Waals surface area contributed by atoms with Gasteiger partial charge in [-0.1, -0.05) is 122 Å². The first-order chi connectivity index (χ1) is 13.4. The summed E-state index contributed by atoms with van der Waals surface area (Å²) in [5, 5.41) is 0. The third-order valence-electron chi connectivity index (χ3n) is 5.53. The van der Waals surface area contributed by atoms with Crippen LogP contribution in [0.15, 0.2) is 24.3 Å². The zero-order chi connectivity index (χ0) is 19.4. The van der Waals surface area contributed by atoms with Crippen LogP contribution < -0.4 is 4.74 Å². The van der Waals surface area contributed by atoms with Crippen molar-refractivity contribution >= 4 is 0 Å². The number of hydrogen-bond acceptors (Lipinski definition) is 1. The van der Waals surface area contributed by atoms with Crippen LogP contribution in [-0.2, 0) is 6.42 Å². The summed E-state index contributed by atoms with van der Waals surface area (Å²) in [5.74, 6) is 1.13. The molecule has 0 N–H and O–H groups in total. The van der Waals surface area contributed by atoms with Crippen LogP contribution in [0.5, 0.6) is 5.75 Å². The van der Waals surface area contributed by atoms with Gasteiger partial charge in [-0.2, -0.15) is 0 Å². The van der Waals surface area contributed by atoms with Crippen molar-refractivity contribution in [1.82, 2.24) is 0 Å². The second kappa shape index (κ2) is 18.4. The highest BCUT2D eigenvalue weighted by Crippen LogP contribution is 2.21. The molecular weight excluding hydrogens is 328 g/mol. The van der Waals surface area contributed by atoms with Gasteiger partial charge in [-0.15, -0.1) is 0 Å². The third-order valence-corrected chi connectivity index (χ3v) is 5.53. The monoisotopic (exact) mass is 374 g/mol. The molecule has 0 atom stereocenters. The lowest BCUT2D eigenvalue weighted by atomic mass is 10.0. The Balaban J connectivity index is 2.04. The number of ether oxygens (including phenoxy) is 1. The molecule has 0 amide bonds. The van der Waals surface area contributed by atoms with Gasteiger partial charge in [0.05, 0.1) is 6.61 Å². The highest BCUT2D eigenvalue weighted by molar-refractivity contribution is 5.33. The van der Waals surface area contributed by atoms with Crippen molar-refractivity contribution in [1.29, 1.82) is 0 Å². The van der Waals surface area contributed by atoms with Crippen molar-refractivity contribution in [2.75, 3.05) is 6.61 Å². The van der Waals surface area contributed by atoms with Crippen LogP contribution in [0.4, 0.5) is 0 Å². The molecule has 156 valence electrons. The molecule has 1 aromatic carbocycles. The molecule has 0 spiro atoms. The Bertz CT molecular complexity index is 426. The fraction of sp³-hybridized carbons (Fsp3) is 0.769. The summed E-state index contributed by atoms with van der Waals surface area (Å²) in [6.45, 7) is 5.45. The van der Waals surface area contributed by atoms with E-state index in [2.05, 4.69) is 38.1 Å². The lowest BCUT2D eigenvalue weighted by molar-refractivity contribution is 0.301. The molecule has 0 heterocycles. The molecule has 1 aromatic rings. The fourth-order valence-electron chi connectivity index (χ4n) is 3.72. The zero-order valence-corrected chi connectivity index (χ0v) is 18.4. The van der Waals surface area contributed by atoms with E-state index in [4.69, 9.17) is 4.74 Å². The maximum atomic E-state index is 6.10. The summed E-state index contributed by atoms with van der Waals surface area (Å²) in [5.41, 5.74) is 1.40. The van der Waals surface area contributed by atoms with Crippen LogP contribution in [0.3, 0.4) is 0 Å². The van der Waals surface area contributed by atoms with Gasteiger partial charge in [-0.25, -0.2) is 0 Å². The number of unbranched alkanes of at least 4 members (excludes halogenated alkanes) is 14. The van der Waals surface area contributed by atoms with Gasteiger partial charge in [0.15, 0.2) is 0 Å². The average Bonchev–Trinajstić information content (AvgIpc) is 2.69. The number of aryl methyl sites for hydroxylation is 1. The van der Waals surface area contributed by atoms with Crippen molar-refractivity contribution < 1.29 is 4.74 Å². The van der Waals surface area contributed by atoms with E-state index in [0.717, 1.165) is 12.4 Å². The number of para-hydroxylation sites is 1. The van der Waals surface area contributed by atoms with E-state index in [1.54, 1.807) is 0 Å². The molecule has 0 aromatic heterocycles. The molecule has 0 aliphatic carbocycles. The van der Waals surface area contributed by atoms with Gasteiger partial charge in [0, 0.05) is 0 Å². The maximum absolute atomic E-state index is 6.10. The smallest absolute Gasteiger partial charge is 0.122 e. The quantitative estimate of drug-likeness (QED) is 0.220. The molecule has 0 aliphatic heterocycles. The van der Waals surface area contributed by atoms with E-state index >= 15 is 0 Å². The zero-order valence-electron chi connectivity index (χ0n) is 18.4. The molecule has 0 unspecified atom stereocenters. The van der Waals surface area contributed by atoms with Crippen LogP contribution in [0.1, 0.15) is 122 Å². The minimum absolute atomic E-state index is 0.879. The summed E-state index contributed by atoms with van der Waals surface area (Å²) >= 11 is 0. The molecule has 27 heavy (non-hydrogen) atoms. The van der Waals surface area contributed by atoms with Crippen molar-refractivity contribution in [3.05, 3.63) is 29.8 Å². The second-order valence-electron chi connectivity index (χ2n) is 8.16. The molecule has 0 saturated heterocycles. The Hall–Kier alpha value is -0.980. The Morgan fingerprint density at radius 2 is 1.04 bits per heavy atom. The summed E-state index contributed by atoms with van der Waals surface area (Å²) in [7, 11) is 0. The van der Waals surface area contributed by atoms with Gasteiger partial charge in [0.25, 0.3) is 0 Å². The summed E-state index contributed by atoms with van der Waals surface area (Å²) in [4.78, 5) is 0. The Morgan fingerprint density at radius 1 is 0.556 bits per heavy atom. The molecule has 0 radical (unpaired) electrons. The summed E-state index contributed by atoms with van der Waals surface area (Å²) < 4.78 is 6.10. The SMILES string of the molecule is CCCCCCCCCCCCOc1ccccc1CCCCCCCC. The normalized spacial score (nSPS) is 11.0. The lowest BCUT2D eigenvalue weighted by Crippen LogP contribution is -2.00. The second-order valence-corrected chi connectivity index (χ2v) is 8.16. The van der Waals surface area contributed by atoms with Gasteiger partial charge < -0.3 is 4.74 Å². The van der Waals surface area contributed by atoms with Gasteiger partial charge in [-0.05, 0) is 30.9 Å². The van der Waals surface area contributed by atoms with Crippen LogP contribution in [-0.4, -0.2) is 6.61 Å². The molecule has 0 aliphatic rings. The minimum Gasteiger partial charge on any atom is -0.493 e. The Kier molecular flexibility index (Phi) is 16.4. The molecule has 1 heteroatoms. The first-order valence-corrected chi connectivity index (χ1v) is 12.1. The number of rotatable bonds is 19. The van der Waals surface area contributed by atoms with Crippen molar-refractivity contribution in [2.24, 2.45) is 0 Å². The Morgan fingerprint density at radius 3 is 1.63 bits per heavy atom. The van der Waals surface area contributed by atoms with E-state index in [-0.39, 0.29) is 0 Å². The van der Waals surface area contributed by atoms with Crippen molar-refractivity contribution in [2.45, 2.75) is 123 Å². The van der Waals surface area contributed by atoms with Crippen LogP contribution in [0.25, 0.3) is 0 Å². The van der Waals surface area contributed by atoms with Crippen LogP contribution in [0.2, 0.25) is 0 Å². The summed E-state index contributed by atoms with van der Waals surface area (Å²) in [6.07, 6.45) is 23.1. The molecular formula is C26H46O. The molecule has 1 rings (SSSR count). The van der Waals surface area contributed by atoms with E-state index in [9.17, 15) is 0 Å². The van der Waals surface area contributed by atoms with Gasteiger partial charge in [0.2, 0.25) is 0 Å². The van der Waals surface area contributed by atoms with E-state index in [0.29, 0.717) is 0 Å². The van der Waals surface area contributed by atoms with Gasteiger partial charge in [0.1, 0.15) is 5.75 Å². The third kappa shape index (κ3) is 13.8. The van der Waals surface area contributed by atoms with Crippen LogP contribution >= 0.6 is 0 Å². The number of benzene rings is 1. The minimum atomic E-state index is 0.879. The summed E-state index contributed by atoms with van der Waals surface area (Å²) in [6, 6.07) is 8.67. The molecule has 0 bridgehead atoms. The molecule has 0 fully saturated rings. The predicted octanol–water partition coefficient (Wildman–Crippen LogP) is 8.89. The van der Waals surface area contributed by atoms with E-state index < -0.39 is 0 Å². The number of hydrogen-bond donors (Lipinski definition) is 0. The van der Waals surface area contributed by atoms with Crippen molar-refractivity contribution in [3.8, 4) is 5.75 Å². The van der Waals surface area contributed by atoms with Gasteiger partial charge >= 0.3 is 0 Å². The first-order valence-electron chi connectivity index (χ1n) is 12.1. The largest absolute Gasteiger partial charge is 0.493 e. The van der Waals surface area contributed by atoms with Crippen molar-refractivity contribution in [3.63, 3.8) is 0 Å². The fourth-order valence-corrected chi connectivity index (χ4v) is 3.72. The van der Waals surface area contributed by atoms with E-state index in [1.807, 2.05) is 0 Å².